The molecular formula is C19H17ClN2O5S. The van der Waals surface area contributed by atoms with Crippen molar-refractivity contribution in [1.82, 2.24) is 4.98 Å². The second-order valence-corrected chi connectivity index (χ2v) is 7.08. The molecule has 0 bridgehead atoms. The lowest BCUT2D eigenvalue weighted by Gasteiger charge is -2.12. The number of hydrogen-bond donors (Lipinski definition) is 1. The number of amides is 1. The number of esters is 1. The molecular weight excluding hydrogens is 404 g/mol. The van der Waals surface area contributed by atoms with Gasteiger partial charge in [-0.1, -0.05) is 35.5 Å². The van der Waals surface area contributed by atoms with Crippen LogP contribution in [0.3, 0.4) is 0 Å². The lowest BCUT2D eigenvalue weighted by atomic mass is 10.2. The molecule has 0 aliphatic carbocycles. The van der Waals surface area contributed by atoms with Gasteiger partial charge in [0, 0.05) is 11.1 Å². The van der Waals surface area contributed by atoms with E-state index in [0.29, 0.717) is 32.8 Å². The molecule has 0 saturated carbocycles. The van der Waals surface area contributed by atoms with Gasteiger partial charge in [-0.05, 0) is 30.7 Å². The molecule has 0 fully saturated rings. The number of aromatic nitrogens is 1. The number of hydrogen-bond acceptors (Lipinski definition) is 7. The molecule has 2 aromatic carbocycles. The first-order chi connectivity index (χ1) is 13.5. The number of aryl methyl sites for hydroxylation is 1. The number of anilines is 1. The number of oxazole rings is 1. The summed E-state index contributed by atoms with van der Waals surface area (Å²) in [6.45, 7) is 1.39. The highest BCUT2D eigenvalue weighted by Gasteiger charge is 2.14. The first-order valence-electron chi connectivity index (χ1n) is 8.24. The second kappa shape index (κ2) is 8.99. The van der Waals surface area contributed by atoms with Gasteiger partial charge in [0.15, 0.2) is 12.2 Å². The van der Waals surface area contributed by atoms with E-state index in [0.717, 1.165) is 17.3 Å². The zero-order chi connectivity index (χ0) is 20.1. The third-order valence-corrected chi connectivity index (χ3v) is 4.92. The van der Waals surface area contributed by atoms with E-state index >= 15 is 0 Å². The van der Waals surface area contributed by atoms with E-state index in [-0.39, 0.29) is 5.75 Å². The average molecular weight is 421 g/mol. The summed E-state index contributed by atoms with van der Waals surface area (Å²) in [5.74, 6) is -0.646. The Morgan fingerprint density at radius 2 is 2.07 bits per heavy atom. The van der Waals surface area contributed by atoms with Crippen LogP contribution in [0.2, 0.25) is 5.02 Å². The fourth-order valence-corrected chi connectivity index (χ4v) is 3.13. The van der Waals surface area contributed by atoms with E-state index in [2.05, 4.69) is 10.3 Å². The number of carbonyl (C=O) groups is 2. The summed E-state index contributed by atoms with van der Waals surface area (Å²) in [4.78, 5) is 28.2. The summed E-state index contributed by atoms with van der Waals surface area (Å²) in [5.41, 5.74) is 2.59. The van der Waals surface area contributed by atoms with E-state index in [1.54, 1.807) is 25.1 Å². The quantitative estimate of drug-likeness (QED) is 0.455. The number of carbonyl (C=O) groups excluding carboxylic acids is 2. The molecule has 0 unspecified atom stereocenters. The summed E-state index contributed by atoms with van der Waals surface area (Å²) in [7, 11) is 1.47. The fourth-order valence-electron chi connectivity index (χ4n) is 2.34. The summed E-state index contributed by atoms with van der Waals surface area (Å²) >= 11 is 7.14. The topological polar surface area (TPSA) is 90.7 Å². The van der Waals surface area contributed by atoms with Crippen molar-refractivity contribution >= 4 is 52.0 Å². The van der Waals surface area contributed by atoms with Crippen LogP contribution in [0.1, 0.15) is 5.56 Å². The van der Waals surface area contributed by atoms with Crippen LogP contribution in [0.25, 0.3) is 11.1 Å². The zero-order valence-electron chi connectivity index (χ0n) is 15.2. The summed E-state index contributed by atoms with van der Waals surface area (Å²) in [6.07, 6.45) is 0. The van der Waals surface area contributed by atoms with E-state index in [4.69, 9.17) is 25.5 Å². The number of halogens is 1. The number of rotatable bonds is 7. The minimum Gasteiger partial charge on any atom is -0.495 e. The molecule has 0 aliphatic rings. The van der Waals surface area contributed by atoms with Crippen LogP contribution in [-0.4, -0.2) is 36.3 Å². The van der Waals surface area contributed by atoms with Gasteiger partial charge in [-0.15, -0.1) is 0 Å². The molecule has 0 aliphatic heterocycles. The van der Waals surface area contributed by atoms with Crippen LogP contribution < -0.4 is 10.1 Å². The van der Waals surface area contributed by atoms with Crippen molar-refractivity contribution in [2.75, 3.05) is 24.8 Å². The number of methoxy groups -OCH3 is 1. The van der Waals surface area contributed by atoms with Gasteiger partial charge in [-0.2, -0.15) is 0 Å². The highest BCUT2D eigenvalue weighted by atomic mass is 35.5. The molecule has 28 heavy (non-hydrogen) atoms. The van der Waals surface area contributed by atoms with Crippen molar-refractivity contribution in [1.29, 1.82) is 0 Å². The molecule has 1 aromatic heterocycles. The van der Waals surface area contributed by atoms with Crippen molar-refractivity contribution in [3.8, 4) is 5.75 Å². The smallest absolute Gasteiger partial charge is 0.316 e. The van der Waals surface area contributed by atoms with Gasteiger partial charge in [0.25, 0.3) is 11.1 Å². The second-order valence-electron chi connectivity index (χ2n) is 5.75. The maximum absolute atomic E-state index is 12.1. The molecule has 9 heteroatoms. The maximum Gasteiger partial charge on any atom is 0.316 e. The highest BCUT2D eigenvalue weighted by Crippen LogP contribution is 2.30. The summed E-state index contributed by atoms with van der Waals surface area (Å²) in [5, 5.41) is 3.53. The number of benzene rings is 2. The standard InChI is InChI=1S/C19H17ClN2O5S/c1-11-7-14(16(25-2)8-12(11)20)21-17(23)9-26-18(24)10-28-19-22-13-5-3-4-6-15(13)27-19/h3-8H,9-10H2,1-2H3,(H,21,23). The molecule has 1 N–H and O–H groups in total. The molecule has 0 spiro atoms. The number of fused-ring (bicyclic) bond motifs is 1. The van der Waals surface area contributed by atoms with Gasteiger partial charge >= 0.3 is 5.97 Å². The van der Waals surface area contributed by atoms with Crippen LogP contribution in [-0.2, 0) is 14.3 Å². The Balaban J connectivity index is 1.49. The Morgan fingerprint density at radius 1 is 1.29 bits per heavy atom. The molecule has 0 saturated heterocycles. The summed E-state index contributed by atoms with van der Waals surface area (Å²) in [6, 6.07) is 10.6. The third-order valence-electron chi connectivity index (χ3n) is 3.71. The maximum atomic E-state index is 12.1. The molecule has 0 atom stereocenters. The van der Waals surface area contributed by atoms with Crippen molar-refractivity contribution in [2.45, 2.75) is 12.1 Å². The largest absolute Gasteiger partial charge is 0.495 e. The lowest BCUT2D eigenvalue weighted by molar-refractivity contribution is -0.144. The Hall–Kier alpha value is -2.71. The molecule has 146 valence electrons. The summed E-state index contributed by atoms with van der Waals surface area (Å²) < 4.78 is 15.7. The molecule has 1 heterocycles. The van der Waals surface area contributed by atoms with Crippen LogP contribution in [0.15, 0.2) is 46.0 Å². The Bertz CT molecular complexity index is 988. The monoisotopic (exact) mass is 420 g/mol. The number of ether oxygens (including phenoxy) is 2. The van der Waals surface area contributed by atoms with Crippen LogP contribution >= 0.6 is 23.4 Å². The van der Waals surface area contributed by atoms with Gasteiger partial charge in [0.05, 0.1) is 12.8 Å². The van der Waals surface area contributed by atoms with Crippen molar-refractivity contribution in [3.63, 3.8) is 0 Å². The van der Waals surface area contributed by atoms with Crippen LogP contribution in [0.4, 0.5) is 5.69 Å². The Morgan fingerprint density at radius 3 is 2.82 bits per heavy atom. The van der Waals surface area contributed by atoms with Crippen molar-refractivity contribution in [2.24, 2.45) is 0 Å². The first kappa shape index (κ1) is 20.0. The number of nitrogens with zero attached hydrogens (tertiary/aromatic N) is 1. The molecule has 3 aromatic rings. The minimum absolute atomic E-state index is 0.0243. The predicted octanol–water partition coefficient (Wildman–Crippen LogP) is 4.07. The molecule has 3 rings (SSSR count). The Kier molecular flexibility index (Phi) is 6.43. The first-order valence-corrected chi connectivity index (χ1v) is 9.60. The van der Waals surface area contributed by atoms with Crippen molar-refractivity contribution in [3.05, 3.63) is 47.0 Å². The van der Waals surface area contributed by atoms with Crippen molar-refractivity contribution < 1.29 is 23.5 Å². The van der Waals surface area contributed by atoms with E-state index in [9.17, 15) is 9.59 Å². The number of thioether (sulfide) groups is 1. The van der Waals surface area contributed by atoms with Gasteiger partial charge in [-0.25, -0.2) is 4.98 Å². The zero-order valence-corrected chi connectivity index (χ0v) is 16.7. The van der Waals surface area contributed by atoms with Gasteiger partial charge < -0.3 is 19.2 Å². The van der Waals surface area contributed by atoms with E-state index in [1.165, 1.54) is 7.11 Å². The SMILES string of the molecule is COc1cc(Cl)c(C)cc1NC(=O)COC(=O)CSc1nc2ccccc2o1. The predicted molar refractivity (Wildman–Crippen MR) is 107 cm³/mol. The van der Waals surface area contributed by atoms with Gasteiger partial charge in [0.1, 0.15) is 17.0 Å². The number of para-hydroxylation sites is 2. The van der Waals surface area contributed by atoms with Crippen LogP contribution in [0, 0.1) is 6.92 Å². The fraction of sp³-hybridized carbons (Fsp3) is 0.211. The van der Waals surface area contributed by atoms with E-state index < -0.39 is 18.5 Å². The molecule has 0 radical (unpaired) electrons. The average Bonchev–Trinajstić information content (AvgIpc) is 3.10. The molecule has 1 amide bonds. The van der Waals surface area contributed by atoms with Crippen LogP contribution in [0.5, 0.6) is 5.75 Å². The third kappa shape index (κ3) is 4.96. The van der Waals surface area contributed by atoms with E-state index in [1.807, 2.05) is 18.2 Å². The molecule has 7 nitrogen and oxygen atoms in total. The Labute approximate surface area is 170 Å². The highest BCUT2D eigenvalue weighted by molar-refractivity contribution is 7.99. The number of nitrogens with one attached hydrogen (secondary N) is 1. The minimum atomic E-state index is -0.554. The van der Waals surface area contributed by atoms with Gasteiger partial charge in [0.2, 0.25) is 0 Å². The lowest BCUT2D eigenvalue weighted by Crippen LogP contribution is -2.22. The van der Waals surface area contributed by atoms with Gasteiger partial charge in [-0.3, -0.25) is 9.59 Å². The normalized spacial score (nSPS) is 10.7.